The molecule has 0 aliphatic carbocycles. The number of rotatable bonds is 4. The average molecular weight is 437 g/mol. The molecule has 5 rings (SSSR count). The Morgan fingerprint density at radius 2 is 1.90 bits per heavy atom. The minimum absolute atomic E-state index is 0.164. The Morgan fingerprint density at radius 1 is 1.10 bits per heavy atom. The van der Waals surface area contributed by atoms with E-state index in [1.807, 2.05) is 17.8 Å². The van der Waals surface area contributed by atoms with E-state index in [-0.39, 0.29) is 4.90 Å². The molecule has 0 radical (unpaired) electrons. The Morgan fingerprint density at radius 3 is 2.65 bits per heavy atom. The van der Waals surface area contributed by atoms with Crippen molar-refractivity contribution < 1.29 is 8.42 Å². The van der Waals surface area contributed by atoms with Gasteiger partial charge in [0.15, 0.2) is 0 Å². The summed E-state index contributed by atoms with van der Waals surface area (Å²) in [6.07, 6.45) is 6.18. The molecule has 0 saturated heterocycles. The second-order valence-electron chi connectivity index (χ2n) is 8.08. The molecule has 4 heterocycles. The van der Waals surface area contributed by atoms with E-state index in [0.29, 0.717) is 17.0 Å². The predicted octanol–water partition coefficient (Wildman–Crippen LogP) is 3.08. The smallest absolute Gasteiger partial charge is 0.265 e. The molecule has 1 aliphatic heterocycles. The molecular weight excluding hydrogens is 412 g/mol. The lowest BCUT2D eigenvalue weighted by Gasteiger charge is -2.14. The van der Waals surface area contributed by atoms with Crippen molar-refractivity contribution in [2.45, 2.75) is 18.2 Å². The molecule has 0 unspecified atom stereocenters. The van der Waals surface area contributed by atoms with Crippen molar-refractivity contribution in [2.75, 3.05) is 23.2 Å². The van der Waals surface area contributed by atoms with Crippen LogP contribution in [-0.4, -0.2) is 41.3 Å². The summed E-state index contributed by atoms with van der Waals surface area (Å²) in [6, 6.07) is 8.14. The second-order valence-corrected chi connectivity index (χ2v) is 9.73. The number of benzene rings is 1. The molecule has 0 amide bonds. The number of aryl methyl sites for hydroxylation is 3. The summed E-state index contributed by atoms with van der Waals surface area (Å²) in [5.74, 6) is 0. The van der Waals surface area contributed by atoms with Crippen molar-refractivity contribution in [3.63, 3.8) is 0 Å². The van der Waals surface area contributed by atoms with Crippen LogP contribution in [0.3, 0.4) is 0 Å². The SMILES string of the molecule is Cc1nn(C)cc1S(=O)(=O)Nc1ccnc2c1c(-c1ccc3c(c1)N(C)CC3)cn2C. The molecule has 0 saturated carbocycles. The maximum Gasteiger partial charge on any atom is 0.265 e. The van der Waals surface area contributed by atoms with Gasteiger partial charge < -0.3 is 9.47 Å². The maximum atomic E-state index is 13.1. The van der Waals surface area contributed by atoms with Crippen LogP contribution in [-0.2, 0) is 30.5 Å². The first kappa shape index (κ1) is 19.6. The summed E-state index contributed by atoms with van der Waals surface area (Å²) in [6.45, 7) is 2.69. The summed E-state index contributed by atoms with van der Waals surface area (Å²) in [5.41, 5.74) is 6.18. The lowest BCUT2D eigenvalue weighted by Crippen LogP contribution is -2.14. The molecule has 31 heavy (non-hydrogen) atoms. The molecule has 1 aromatic carbocycles. The van der Waals surface area contributed by atoms with Crippen LogP contribution in [0, 0.1) is 6.92 Å². The number of sulfonamides is 1. The van der Waals surface area contributed by atoms with Crippen molar-refractivity contribution in [3.8, 4) is 11.1 Å². The lowest BCUT2D eigenvalue weighted by molar-refractivity contribution is 0.600. The van der Waals surface area contributed by atoms with Gasteiger partial charge in [-0.3, -0.25) is 9.40 Å². The van der Waals surface area contributed by atoms with Gasteiger partial charge in [-0.1, -0.05) is 12.1 Å². The number of aromatic nitrogens is 4. The van der Waals surface area contributed by atoms with Gasteiger partial charge >= 0.3 is 0 Å². The number of fused-ring (bicyclic) bond motifs is 2. The third kappa shape index (κ3) is 3.16. The summed E-state index contributed by atoms with van der Waals surface area (Å²) in [4.78, 5) is 6.91. The zero-order valence-electron chi connectivity index (χ0n) is 17.9. The number of hydrogen-bond donors (Lipinski definition) is 1. The molecule has 4 aromatic rings. The summed E-state index contributed by atoms with van der Waals surface area (Å²) >= 11 is 0. The topological polar surface area (TPSA) is 85.0 Å². The van der Waals surface area contributed by atoms with Crippen LogP contribution in [0.4, 0.5) is 11.4 Å². The van der Waals surface area contributed by atoms with E-state index in [1.54, 1.807) is 26.2 Å². The number of likely N-dealkylation sites (N-methyl/N-ethyl adjacent to an activating group) is 1. The normalized spacial score (nSPS) is 13.7. The molecule has 1 N–H and O–H groups in total. The quantitative estimate of drug-likeness (QED) is 0.531. The highest BCUT2D eigenvalue weighted by atomic mass is 32.2. The first-order chi connectivity index (χ1) is 14.7. The van der Waals surface area contributed by atoms with Crippen LogP contribution in [0.15, 0.2) is 47.8 Å². The van der Waals surface area contributed by atoms with Crippen molar-refractivity contribution in [1.29, 1.82) is 0 Å². The van der Waals surface area contributed by atoms with Gasteiger partial charge in [0.25, 0.3) is 10.0 Å². The van der Waals surface area contributed by atoms with E-state index >= 15 is 0 Å². The van der Waals surface area contributed by atoms with Crippen LogP contribution in [0.5, 0.6) is 0 Å². The van der Waals surface area contributed by atoms with E-state index in [2.05, 4.69) is 45.0 Å². The predicted molar refractivity (Wildman–Crippen MR) is 122 cm³/mol. The maximum absolute atomic E-state index is 13.1. The largest absolute Gasteiger partial charge is 0.374 e. The fourth-order valence-corrected chi connectivity index (χ4v) is 5.65. The van der Waals surface area contributed by atoms with Crippen LogP contribution in [0.25, 0.3) is 22.2 Å². The van der Waals surface area contributed by atoms with Crippen molar-refractivity contribution in [1.82, 2.24) is 19.3 Å². The standard InChI is InChI=1S/C22H24N6O2S/c1-14-20(13-28(4)24-14)31(29,30)25-18-7-9-23-22-21(18)17(12-27(22)3)16-6-5-15-8-10-26(2)19(15)11-16/h5-7,9,11-13H,8,10H2,1-4H3,(H,23,25). The molecule has 0 bridgehead atoms. The summed E-state index contributed by atoms with van der Waals surface area (Å²) < 4.78 is 32.5. The lowest BCUT2D eigenvalue weighted by atomic mass is 10.0. The number of nitrogens with one attached hydrogen (secondary N) is 1. The third-order valence-electron chi connectivity index (χ3n) is 5.88. The zero-order chi connectivity index (χ0) is 21.9. The minimum atomic E-state index is -3.80. The fourth-order valence-electron chi connectivity index (χ4n) is 4.36. The first-order valence-electron chi connectivity index (χ1n) is 10.1. The highest BCUT2D eigenvalue weighted by Gasteiger charge is 2.24. The molecular formula is C22H24N6O2S. The van der Waals surface area contributed by atoms with Crippen LogP contribution in [0.1, 0.15) is 11.3 Å². The number of hydrogen-bond acceptors (Lipinski definition) is 5. The number of anilines is 2. The highest BCUT2D eigenvalue weighted by molar-refractivity contribution is 7.92. The molecule has 9 heteroatoms. The Hall–Kier alpha value is -3.33. The van der Waals surface area contributed by atoms with Gasteiger partial charge in [-0.25, -0.2) is 13.4 Å². The van der Waals surface area contributed by atoms with E-state index in [0.717, 1.165) is 29.5 Å². The van der Waals surface area contributed by atoms with E-state index < -0.39 is 10.0 Å². The van der Waals surface area contributed by atoms with E-state index in [1.165, 1.54) is 22.1 Å². The zero-order valence-corrected chi connectivity index (χ0v) is 18.7. The van der Waals surface area contributed by atoms with Crippen molar-refractivity contribution >= 4 is 32.4 Å². The monoisotopic (exact) mass is 436 g/mol. The van der Waals surface area contributed by atoms with Gasteiger partial charge in [-0.05, 0) is 36.6 Å². The molecule has 8 nitrogen and oxygen atoms in total. The molecule has 0 fully saturated rings. The Kier molecular flexibility index (Phi) is 4.33. The Labute approximate surface area is 181 Å². The van der Waals surface area contributed by atoms with Crippen molar-refractivity contribution in [3.05, 3.63) is 54.1 Å². The van der Waals surface area contributed by atoms with Gasteiger partial charge in [0.2, 0.25) is 0 Å². The van der Waals surface area contributed by atoms with E-state index in [4.69, 9.17) is 0 Å². The fraction of sp³-hybridized carbons (Fsp3) is 0.273. The molecule has 3 aromatic heterocycles. The molecule has 1 aliphatic rings. The molecule has 0 spiro atoms. The number of pyridine rings is 1. The first-order valence-corrected chi connectivity index (χ1v) is 11.5. The van der Waals surface area contributed by atoms with Gasteiger partial charge in [0, 0.05) is 57.5 Å². The second kappa shape index (κ2) is 6.84. The van der Waals surface area contributed by atoms with Crippen molar-refractivity contribution in [2.24, 2.45) is 14.1 Å². The van der Waals surface area contributed by atoms with Crippen LogP contribution < -0.4 is 9.62 Å². The van der Waals surface area contributed by atoms with E-state index in [9.17, 15) is 8.42 Å². The van der Waals surface area contributed by atoms with Gasteiger partial charge in [-0.2, -0.15) is 5.10 Å². The average Bonchev–Trinajstić information content (AvgIpc) is 3.38. The number of nitrogens with zero attached hydrogens (tertiary/aromatic N) is 5. The molecule has 0 atom stereocenters. The summed E-state index contributed by atoms with van der Waals surface area (Å²) in [7, 11) is 1.92. The minimum Gasteiger partial charge on any atom is -0.374 e. The third-order valence-corrected chi connectivity index (χ3v) is 7.35. The van der Waals surface area contributed by atoms with Gasteiger partial charge in [-0.15, -0.1) is 0 Å². The Balaban J connectivity index is 1.66. The van der Waals surface area contributed by atoms with Crippen LogP contribution >= 0.6 is 0 Å². The Bertz CT molecular complexity index is 1430. The molecule has 160 valence electrons. The van der Waals surface area contributed by atoms with Gasteiger partial charge in [0.05, 0.1) is 16.8 Å². The van der Waals surface area contributed by atoms with Crippen LogP contribution in [0.2, 0.25) is 0 Å². The summed E-state index contributed by atoms with van der Waals surface area (Å²) in [5, 5.41) is 4.94. The van der Waals surface area contributed by atoms with Gasteiger partial charge in [0.1, 0.15) is 10.5 Å². The highest BCUT2D eigenvalue weighted by Crippen LogP contribution is 2.38.